The largest absolute Gasteiger partial charge is 0.513 e. The number of benzene rings is 1. The maximum Gasteiger partial charge on any atom is 0.513 e. The van der Waals surface area contributed by atoms with Crippen molar-refractivity contribution in [3.63, 3.8) is 0 Å². The molecule has 9 heteroatoms. The van der Waals surface area contributed by atoms with Crippen LogP contribution in [0, 0.1) is 0 Å². The van der Waals surface area contributed by atoms with E-state index in [9.17, 15) is 4.79 Å². The van der Waals surface area contributed by atoms with Crippen LogP contribution in [-0.4, -0.2) is 43.3 Å². The van der Waals surface area contributed by atoms with Gasteiger partial charge < -0.3 is 25.8 Å². The average molecular weight is 344 g/mol. The number of rotatable bonds is 6. The molecule has 2 rings (SSSR count). The number of likely N-dealkylation sites (N-methyl/N-ethyl adjacent to an activating group) is 1. The van der Waals surface area contributed by atoms with Crippen LogP contribution in [-0.2, 0) is 4.74 Å². The Morgan fingerprint density at radius 1 is 1.12 bits per heavy atom. The fourth-order valence-electron chi connectivity index (χ4n) is 1.73. The highest BCUT2D eigenvalue weighted by atomic mass is 16.7. The molecule has 0 spiro atoms. The van der Waals surface area contributed by atoms with Gasteiger partial charge in [-0.05, 0) is 38.4 Å². The van der Waals surface area contributed by atoms with Crippen LogP contribution in [0.1, 0.15) is 0 Å². The molecule has 0 saturated carbocycles. The van der Waals surface area contributed by atoms with Crippen LogP contribution in [0.25, 0.3) is 0 Å². The number of nitrogens with two attached hydrogens (primary N) is 2. The first-order valence-corrected chi connectivity index (χ1v) is 7.48. The number of ether oxygens (including phenoxy) is 2. The summed E-state index contributed by atoms with van der Waals surface area (Å²) in [6.07, 6.45) is -0.807. The molecule has 0 radical (unpaired) electrons. The molecule has 1 aromatic heterocycles. The van der Waals surface area contributed by atoms with Gasteiger partial charge in [0.25, 0.3) is 0 Å². The summed E-state index contributed by atoms with van der Waals surface area (Å²) in [7, 11) is 3.75. The van der Waals surface area contributed by atoms with Crippen molar-refractivity contribution in [2.45, 2.75) is 0 Å². The lowest BCUT2D eigenvalue weighted by Gasteiger charge is -2.10. The smallest absolute Gasteiger partial charge is 0.433 e. The number of hydrogen-bond acceptors (Lipinski definition) is 9. The van der Waals surface area contributed by atoms with Crippen LogP contribution in [0.4, 0.5) is 27.8 Å². The highest BCUT2D eigenvalue weighted by Gasteiger charge is 2.10. The van der Waals surface area contributed by atoms with E-state index < -0.39 is 6.16 Å². The lowest BCUT2D eigenvalue weighted by molar-refractivity contribution is 0.0929. The molecule has 25 heavy (non-hydrogen) atoms. The first kappa shape index (κ1) is 18.1. The number of hydrogen-bond donors (Lipinski definition) is 2. The van der Waals surface area contributed by atoms with Gasteiger partial charge >= 0.3 is 6.16 Å². The fraction of sp³-hybridized carbons (Fsp3) is 0.250. The van der Waals surface area contributed by atoms with Crippen LogP contribution >= 0.6 is 0 Å². The van der Waals surface area contributed by atoms with Crippen molar-refractivity contribution in [2.24, 2.45) is 10.2 Å². The topological polar surface area (TPSA) is 128 Å². The van der Waals surface area contributed by atoms with Crippen LogP contribution in [0.15, 0.2) is 46.6 Å². The zero-order valence-corrected chi connectivity index (χ0v) is 14.0. The summed E-state index contributed by atoms with van der Waals surface area (Å²) >= 11 is 0. The summed E-state index contributed by atoms with van der Waals surface area (Å²) in [6, 6.07) is 9.85. The SMILES string of the molecule is CN(C)CCOC(=O)Oc1ccccc1N=Nc1ccc(N)nc1N. The zero-order chi connectivity index (χ0) is 18.2. The molecular weight excluding hydrogens is 324 g/mol. The fourth-order valence-corrected chi connectivity index (χ4v) is 1.73. The second-order valence-corrected chi connectivity index (χ2v) is 5.31. The van der Waals surface area contributed by atoms with Crippen molar-refractivity contribution < 1.29 is 14.3 Å². The molecule has 2 aromatic rings. The maximum atomic E-state index is 11.7. The van der Waals surface area contributed by atoms with Crippen molar-refractivity contribution in [2.75, 3.05) is 38.7 Å². The highest BCUT2D eigenvalue weighted by molar-refractivity contribution is 5.67. The normalized spacial score (nSPS) is 11.0. The van der Waals surface area contributed by atoms with E-state index in [0.717, 1.165) is 0 Å². The lowest BCUT2D eigenvalue weighted by Crippen LogP contribution is -2.21. The van der Waals surface area contributed by atoms with Gasteiger partial charge in [0.05, 0.1) is 0 Å². The van der Waals surface area contributed by atoms with Gasteiger partial charge in [0, 0.05) is 6.54 Å². The molecule has 1 aromatic carbocycles. The average Bonchev–Trinajstić information content (AvgIpc) is 2.55. The van der Waals surface area contributed by atoms with Gasteiger partial charge in [0.15, 0.2) is 11.6 Å². The molecule has 132 valence electrons. The molecule has 0 unspecified atom stereocenters. The Hall–Kier alpha value is -3.20. The third kappa shape index (κ3) is 5.74. The second kappa shape index (κ2) is 8.60. The third-order valence-electron chi connectivity index (χ3n) is 3.01. The molecule has 0 bridgehead atoms. The number of nitrogens with zero attached hydrogens (tertiary/aromatic N) is 4. The zero-order valence-electron chi connectivity index (χ0n) is 14.0. The Kier molecular flexibility index (Phi) is 6.24. The van der Waals surface area contributed by atoms with Crippen molar-refractivity contribution in [3.8, 4) is 5.75 Å². The Morgan fingerprint density at radius 2 is 1.84 bits per heavy atom. The van der Waals surface area contributed by atoms with E-state index in [1.54, 1.807) is 36.4 Å². The summed E-state index contributed by atoms with van der Waals surface area (Å²) in [6.45, 7) is 0.822. The number of carbonyl (C=O) groups excluding carboxylic acids is 1. The van der Waals surface area contributed by atoms with Gasteiger partial charge in [-0.3, -0.25) is 0 Å². The predicted octanol–water partition coefficient (Wildman–Crippen LogP) is 2.74. The summed E-state index contributed by atoms with van der Waals surface area (Å²) in [5, 5.41) is 8.07. The van der Waals surface area contributed by atoms with E-state index >= 15 is 0 Å². The predicted molar refractivity (Wildman–Crippen MR) is 94.2 cm³/mol. The molecule has 1 heterocycles. The molecule has 0 atom stereocenters. The third-order valence-corrected chi connectivity index (χ3v) is 3.01. The summed E-state index contributed by atoms with van der Waals surface area (Å²) in [5.41, 5.74) is 12.0. The monoisotopic (exact) mass is 344 g/mol. The first-order valence-electron chi connectivity index (χ1n) is 7.48. The van der Waals surface area contributed by atoms with Crippen LogP contribution in [0.2, 0.25) is 0 Å². The standard InChI is InChI=1S/C16H20N6O3/c1-22(2)9-10-24-16(23)25-13-6-4-3-5-11(13)20-21-12-7-8-14(17)19-15(12)18/h3-8H,9-10H2,1-2H3,(H4,17,18,19). The molecule has 0 aliphatic rings. The minimum absolute atomic E-state index is 0.158. The minimum Gasteiger partial charge on any atom is -0.433 e. The number of aromatic nitrogens is 1. The van der Waals surface area contributed by atoms with Gasteiger partial charge in [-0.25, -0.2) is 9.78 Å². The Balaban J connectivity index is 2.07. The number of carbonyl (C=O) groups is 1. The second-order valence-electron chi connectivity index (χ2n) is 5.31. The maximum absolute atomic E-state index is 11.7. The molecule has 9 nitrogen and oxygen atoms in total. The number of para-hydroxylation sites is 1. The lowest BCUT2D eigenvalue weighted by atomic mass is 10.3. The summed E-state index contributed by atoms with van der Waals surface area (Å²) in [4.78, 5) is 17.5. The van der Waals surface area contributed by atoms with Crippen molar-refractivity contribution in [1.29, 1.82) is 0 Å². The van der Waals surface area contributed by atoms with E-state index in [4.69, 9.17) is 20.9 Å². The molecule has 0 saturated heterocycles. The van der Waals surface area contributed by atoms with E-state index in [1.165, 1.54) is 0 Å². The number of anilines is 2. The number of azo groups is 1. The van der Waals surface area contributed by atoms with E-state index in [0.29, 0.717) is 23.7 Å². The van der Waals surface area contributed by atoms with Gasteiger partial charge in [-0.1, -0.05) is 12.1 Å². The van der Waals surface area contributed by atoms with Gasteiger partial charge in [0.2, 0.25) is 0 Å². The first-order chi connectivity index (χ1) is 12.0. The van der Waals surface area contributed by atoms with Crippen molar-refractivity contribution in [1.82, 2.24) is 9.88 Å². The van der Waals surface area contributed by atoms with Gasteiger partial charge in [0.1, 0.15) is 23.8 Å². The molecule has 0 aliphatic carbocycles. The van der Waals surface area contributed by atoms with Crippen molar-refractivity contribution >= 4 is 29.2 Å². The van der Waals surface area contributed by atoms with Crippen LogP contribution < -0.4 is 16.2 Å². The summed E-state index contributed by atoms with van der Waals surface area (Å²) < 4.78 is 10.2. The molecule has 4 N–H and O–H groups in total. The Labute approximate surface area is 145 Å². The molecule has 0 fully saturated rings. The minimum atomic E-state index is -0.807. The number of pyridine rings is 1. The van der Waals surface area contributed by atoms with Gasteiger partial charge in [-0.15, -0.1) is 10.2 Å². The van der Waals surface area contributed by atoms with Crippen molar-refractivity contribution in [3.05, 3.63) is 36.4 Å². The Morgan fingerprint density at radius 3 is 2.56 bits per heavy atom. The van der Waals surface area contributed by atoms with E-state index in [2.05, 4.69) is 15.2 Å². The quantitative estimate of drug-likeness (QED) is 0.468. The number of nitrogen functional groups attached to an aromatic ring is 2. The van der Waals surface area contributed by atoms with Gasteiger partial charge in [-0.2, -0.15) is 0 Å². The molecular formula is C16H20N6O3. The van der Waals surface area contributed by atoms with Crippen LogP contribution in [0.3, 0.4) is 0 Å². The molecule has 0 amide bonds. The Bertz CT molecular complexity index is 763. The van der Waals surface area contributed by atoms with Crippen LogP contribution in [0.5, 0.6) is 5.75 Å². The summed E-state index contributed by atoms with van der Waals surface area (Å²) in [5.74, 6) is 0.675. The highest BCUT2D eigenvalue weighted by Crippen LogP contribution is 2.30. The molecule has 0 aliphatic heterocycles. The van der Waals surface area contributed by atoms with E-state index in [-0.39, 0.29) is 18.2 Å². The van der Waals surface area contributed by atoms with E-state index in [1.807, 2.05) is 19.0 Å².